The molecule has 1 fully saturated rings. The van der Waals surface area contributed by atoms with Crippen LogP contribution >= 0.6 is 0 Å². The molecule has 1 aliphatic rings. The molecule has 0 bridgehead atoms. The van der Waals surface area contributed by atoms with Crippen LogP contribution in [0.1, 0.15) is 37.8 Å². The van der Waals surface area contributed by atoms with Gasteiger partial charge in [-0.25, -0.2) is 9.48 Å². The van der Waals surface area contributed by atoms with Gasteiger partial charge in [0.2, 0.25) is 5.91 Å². The minimum atomic E-state index is -0.546. The predicted molar refractivity (Wildman–Crippen MR) is 136 cm³/mol. The van der Waals surface area contributed by atoms with Crippen LogP contribution < -0.4 is 16.2 Å². The molecule has 10 heteroatoms. The largest absolute Gasteiger partial charge is 0.508 e. The Morgan fingerprint density at radius 3 is 2.69 bits per heavy atom. The van der Waals surface area contributed by atoms with Crippen LogP contribution in [0.5, 0.6) is 17.2 Å². The molecule has 1 unspecified atom stereocenters. The Hall–Kier alpha value is -4.34. The Bertz CT molecular complexity index is 1490. The molecule has 0 radical (unpaired) electrons. The summed E-state index contributed by atoms with van der Waals surface area (Å²) < 4.78 is 7.61. The van der Waals surface area contributed by atoms with Crippen molar-refractivity contribution < 1.29 is 14.6 Å². The second-order valence-electron chi connectivity index (χ2n) is 9.01. The Kier molecular flexibility index (Phi) is 6.09. The maximum atomic E-state index is 12.3. The number of piperidine rings is 1. The number of nitrogens with one attached hydrogen (secondary N) is 1. The number of carbonyl (C=O) groups is 1. The summed E-state index contributed by atoms with van der Waals surface area (Å²) in [4.78, 5) is 33.1. The van der Waals surface area contributed by atoms with E-state index in [9.17, 15) is 14.7 Å². The van der Waals surface area contributed by atoms with Crippen LogP contribution in [0.2, 0.25) is 0 Å². The van der Waals surface area contributed by atoms with E-state index in [1.807, 2.05) is 30.9 Å². The van der Waals surface area contributed by atoms with Gasteiger partial charge in [0.05, 0.1) is 11.4 Å². The summed E-state index contributed by atoms with van der Waals surface area (Å²) in [6.07, 6.45) is 2.10. The number of nitrogens with two attached hydrogens (primary N) is 1. The molecule has 4 aromatic rings. The van der Waals surface area contributed by atoms with E-state index in [4.69, 9.17) is 15.6 Å². The number of aromatic amines is 1. The molecule has 0 aliphatic carbocycles. The van der Waals surface area contributed by atoms with E-state index in [-0.39, 0.29) is 23.5 Å². The smallest absolute Gasteiger partial charge is 0.348 e. The summed E-state index contributed by atoms with van der Waals surface area (Å²) in [6.45, 7) is 4.89. The Morgan fingerprint density at radius 2 is 1.97 bits per heavy atom. The number of benzene rings is 2. The predicted octanol–water partition coefficient (Wildman–Crippen LogP) is 3.75. The lowest BCUT2D eigenvalue weighted by Crippen LogP contribution is -2.40. The SMILES string of the molecule is CCC(=O)N1CCCC(n2nc(-c3ccc(Oc4ccc(C)c(O)c4)cc3)c3c(N)[nH]c(=O)nc32)C1. The first-order valence-electron chi connectivity index (χ1n) is 12.0. The number of aryl methyl sites for hydroxylation is 1. The van der Waals surface area contributed by atoms with Crippen molar-refractivity contribution in [3.63, 3.8) is 0 Å². The first kappa shape index (κ1) is 23.4. The molecule has 1 aliphatic heterocycles. The maximum Gasteiger partial charge on any atom is 0.348 e. The van der Waals surface area contributed by atoms with E-state index in [2.05, 4.69) is 9.97 Å². The van der Waals surface area contributed by atoms with Crippen LogP contribution in [-0.4, -0.2) is 48.8 Å². The summed E-state index contributed by atoms with van der Waals surface area (Å²) in [7, 11) is 0. The van der Waals surface area contributed by atoms with Crippen LogP contribution in [0.4, 0.5) is 5.82 Å². The molecule has 10 nitrogen and oxygen atoms in total. The van der Waals surface area contributed by atoms with Gasteiger partial charge in [-0.3, -0.25) is 9.78 Å². The number of likely N-dealkylation sites (tertiary alicyclic amines) is 1. The monoisotopic (exact) mass is 488 g/mol. The molecule has 4 N–H and O–H groups in total. The van der Waals surface area contributed by atoms with E-state index >= 15 is 0 Å². The summed E-state index contributed by atoms with van der Waals surface area (Å²) in [6, 6.07) is 12.3. The van der Waals surface area contributed by atoms with Crippen LogP contribution in [0, 0.1) is 6.92 Å². The zero-order valence-corrected chi connectivity index (χ0v) is 20.2. The van der Waals surface area contributed by atoms with Crippen molar-refractivity contribution in [2.75, 3.05) is 18.8 Å². The van der Waals surface area contributed by atoms with Gasteiger partial charge in [0.25, 0.3) is 0 Å². The highest BCUT2D eigenvalue weighted by molar-refractivity contribution is 5.98. The minimum absolute atomic E-state index is 0.0965. The van der Waals surface area contributed by atoms with Gasteiger partial charge in [-0.1, -0.05) is 13.0 Å². The lowest BCUT2D eigenvalue weighted by atomic mass is 10.1. The number of anilines is 1. The van der Waals surface area contributed by atoms with Crippen molar-refractivity contribution in [2.24, 2.45) is 0 Å². The van der Waals surface area contributed by atoms with Gasteiger partial charge in [-0.15, -0.1) is 0 Å². The number of nitrogens with zero attached hydrogens (tertiary/aromatic N) is 4. The number of amides is 1. The molecule has 5 rings (SSSR count). The molecule has 186 valence electrons. The van der Waals surface area contributed by atoms with Gasteiger partial charge < -0.3 is 20.5 Å². The van der Waals surface area contributed by atoms with E-state index in [1.165, 1.54) is 0 Å². The maximum absolute atomic E-state index is 12.3. The highest BCUT2D eigenvalue weighted by Gasteiger charge is 2.28. The number of ether oxygens (including phenoxy) is 1. The minimum Gasteiger partial charge on any atom is -0.508 e. The molecule has 1 amide bonds. The molecular weight excluding hydrogens is 460 g/mol. The molecule has 2 aromatic carbocycles. The number of carbonyl (C=O) groups excluding carboxylic acids is 1. The standard InChI is InChI=1S/C26H28N6O4/c1-3-21(34)31-12-4-5-17(14-31)32-25-22(24(27)28-26(35)29-25)23(30-32)16-7-10-18(11-8-16)36-19-9-6-15(2)20(33)13-19/h6-11,13,17,33H,3-5,12,14H2,1-2H3,(H3,27,28,29,35). The van der Waals surface area contributed by atoms with Gasteiger partial charge in [0, 0.05) is 31.1 Å². The number of phenols is 1. The summed E-state index contributed by atoms with van der Waals surface area (Å²) in [5.41, 5.74) is 8.22. The van der Waals surface area contributed by atoms with Crippen molar-refractivity contribution in [2.45, 2.75) is 39.2 Å². The van der Waals surface area contributed by atoms with Gasteiger partial charge in [-0.2, -0.15) is 10.1 Å². The van der Waals surface area contributed by atoms with Crippen molar-refractivity contribution in [3.05, 3.63) is 58.5 Å². The lowest BCUT2D eigenvalue weighted by Gasteiger charge is -2.32. The summed E-state index contributed by atoms with van der Waals surface area (Å²) >= 11 is 0. The third kappa shape index (κ3) is 4.37. The first-order valence-corrected chi connectivity index (χ1v) is 12.0. The number of phenolic OH excluding ortho intramolecular Hbond substituents is 1. The number of aromatic hydroxyl groups is 1. The Balaban J connectivity index is 1.51. The van der Waals surface area contributed by atoms with E-state index in [1.54, 1.807) is 35.0 Å². The topological polar surface area (TPSA) is 139 Å². The number of H-pyrrole nitrogens is 1. The molecule has 0 saturated carbocycles. The fourth-order valence-corrected chi connectivity index (χ4v) is 4.61. The molecule has 0 spiro atoms. The van der Waals surface area contributed by atoms with Crippen molar-refractivity contribution in [3.8, 4) is 28.5 Å². The second-order valence-corrected chi connectivity index (χ2v) is 9.01. The normalized spacial score (nSPS) is 15.8. The molecular formula is C26H28N6O4. The van der Waals surface area contributed by atoms with Crippen molar-refractivity contribution >= 4 is 22.8 Å². The number of nitrogen functional groups attached to an aromatic ring is 1. The number of fused-ring (bicyclic) bond motifs is 1. The average molecular weight is 489 g/mol. The number of rotatable bonds is 5. The third-order valence-electron chi connectivity index (χ3n) is 6.55. The molecule has 2 aromatic heterocycles. The zero-order valence-electron chi connectivity index (χ0n) is 20.2. The average Bonchev–Trinajstić information content (AvgIpc) is 3.26. The molecule has 3 heterocycles. The summed E-state index contributed by atoms with van der Waals surface area (Å²) in [5, 5.41) is 15.3. The quantitative estimate of drug-likeness (QED) is 0.389. The van der Waals surface area contributed by atoms with Crippen LogP contribution in [0.15, 0.2) is 47.3 Å². The highest BCUT2D eigenvalue weighted by Crippen LogP contribution is 2.35. The molecule has 1 atom stereocenters. The molecule has 1 saturated heterocycles. The molecule has 36 heavy (non-hydrogen) atoms. The fourth-order valence-electron chi connectivity index (χ4n) is 4.61. The number of hydrogen-bond donors (Lipinski definition) is 3. The van der Waals surface area contributed by atoms with Gasteiger partial charge >= 0.3 is 5.69 Å². The van der Waals surface area contributed by atoms with Crippen molar-refractivity contribution in [1.29, 1.82) is 0 Å². The summed E-state index contributed by atoms with van der Waals surface area (Å²) in [5.74, 6) is 1.57. The van der Waals surface area contributed by atoms with Gasteiger partial charge in [-0.05, 0) is 55.7 Å². The van der Waals surface area contributed by atoms with Crippen LogP contribution in [0.25, 0.3) is 22.3 Å². The Morgan fingerprint density at radius 1 is 1.22 bits per heavy atom. The second kappa shape index (κ2) is 9.37. The lowest BCUT2D eigenvalue weighted by molar-refractivity contribution is -0.132. The van der Waals surface area contributed by atoms with E-state index in [0.717, 1.165) is 24.0 Å². The number of aromatic nitrogens is 4. The number of hydrogen-bond acceptors (Lipinski definition) is 7. The zero-order chi connectivity index (χ0) is 25.4. The fraction of sp³-hybridized carbons (Fsp3) is 0.308. The van der Waals surface area contributed by atoms with E-state index < -0.39 is 5.69 Å². The Labute approximate surface area is 207 Å². The van der Waals surface area contributed by atoms with Gasteiger partial charge in [0.1, 0.15) is 28.8 Å². The highest BCUT2D eigenvalue weighted by atomic mass is 16.5. The van der Waals surface area contributed by atoms with Crippen LogP contribution in [0.3, 0.4) is 0 Å². The van der Waals surface area contributed by atoms with Crippen LogP contribution in [-0.2, 0) is 4.79 Å². The van der Waals surface area contributed by atoms with Gasteiger partial charge in [0.15, 0.2) is 5.65 Å². The van der Waals surface area contributed by atoms with E-state index in [0.29, 0.717) is 47.7 Å². The van der Waals surface area contributed by atoms with Crippen molar-refractivity contribution in [1.82, 2.24) is 24.6 Å². The third-order valence-corrected chi connectivity index (χ3v) is 6.55. The first-order chi connectivity index (χ1) is 17.3.